The third-order valence-corrected chi connectivity index (χ3v) is 19.5. The van der Waals surface area contributed by atoms with Crippen LogP contribution < -0.4 is 0 Å². The van der Waals surface area contributed by atoms with Gasteiger partial charge in [-0.15, -0.1) is 0 Å². The third kappa shape index (κ3) is 67.0. The van der Waals surface area contributed by atoms with E-state index >= 15 is 0 Å². The first kappa shape index (κ1) is 91.1. The lowest BCUT2D eigenvalue weighted by Crippen LogP contribution is -2.30. The fourth-order valence-corrected chi connectivity index (χ4v) is 12.8. The molecule has 0 spiro atoms. The van der Waals surface area contributed by atoms with E-state index in [0.717, 1.165) is 102 Å². The maximum atomic E-state index is 13.1. The molecule has 17 nitrogen and oxygen atoms in total. The molecule has 0 aromatic rings. The quantitative estimate of drug-likeness (QED) is 0.0222. The van der Waals surface area contributed by atoms with Crippen molar-refractivity contribution in [2.45, 2.75) is 400 Å². The average molecular weight is 1370 g/mol. The Labute approximate surface area is 568 Å². The normalized spacial score (nSPS) is 14.3. The molecule has 0 aromatic carbocycles. The van der Waals surface area contributed by atoms with Gasteiger partial charge in [0.25, 0.3) is 0 Å². The van der Waals surface area contributed by atoms with Crippen LogP contribution in [0.15, 0.2) is 0 Å². The average Bonchev–Trinajstić information content (AvgIpc) is 3.72. The summed E-state index contributed by atoms with van der Waals surface area (Å²) in [5.74, 6) is -0.724. The number of phosphoric acid groups is 2. The Morgan fingerprint density at radius 1 is 0.312 bits per heavy atom. The molecule has 0 aliphatic heterocycles. The standard InChI is InChI=1S/C74H144O17P2/c1-7-10-12-14-16-18-20-22-24-25-26-27-29-31-33-35-37-46-52-58-73(78)90-69(62-84-71(76)56-50-44-36-34-32-30-28-23-21-19-17-15-13-11-8-2)64-88-92(80,81)86-60-68(75)61-87-93(82,83)89-65-70(63-85-72(77)57-51-45-40-38-42-48-54-66(4)5)91-74(79)59-53-47-41-39-43-49-55-67(6)9-3/h66-70,75H,7-65H2,1-6H3,(H,80,81)(H,82,83)/t67?,68-,69-,70-/m1/s1. The van der Waals surface area contributed by atoms with Crippen LogP contribution in [0, 0.1) is 11.8 Å². The monoisotopic (exact) mass is 1370 g/mol. The van der Waals surface area contributed by atoms with Gasteiger partial charge in [-0.3, -0.25) is 37.3 Å². The summed E-state index contributed by atoms with van der Waals surface area (Å²) in [6, 6.07) is 0. The number of aliphatic hydroxyl groups is 1. The number of esters is 4. The summed E-state index contributed by atoms with van der Waals surface area (Å²) in [4.78, 5) is 72.6. The molecule has 0 rings (SSSR count). The highest BCUT2D eigenvalue weighted by Gasteiger charge is 2.30. The molecular weight excluding hydrogens is 1220 g/mol. The van der Waals surface area contributed by atoms with Gasteiger partial charge < -0.3 is 33.8 Å². The lowest BCUT2D eigenvalue weighted by molar-refractivity contribution is -0.161. The Kier molecular flexibility index (Phi) is 64.6. The van der Waals surface area contributed by atoms with Crippen molar-refractivity contribution in [3.8, 4) is 0 Å². The van der Waals surface area contributed by atoms with E-state index in [9.17, 15) is 43.2 Å². The van der Waals surface area contributed by atoms with E-state index in [4.69, 9.17) is 37.0 Å². The Morgan fingerprint density at radius 2 is 0.548 bits per heavy atom. The molecule has 0 radical (unpaired) electrons. The Bertz CT molecular complexity index is 1810. The maximum absolute atomic E-state index is 13.1. The van der Waals surface area contributed by atoms with Crippen molar-refractivity contribution < 1.29 is 80.2 Å². The van der Waals surface area contributed by atoms with Crippen LogP contribution >= 0.6 is 15.6 Å². The number of carbonyl (C=O) groups excluding carboxylic acids is 4. The van der Waals surface area contributed by atoms with Crippen molar-refractivity contribution >= 4 is 39.5 Å². The lowest BCUT2D eigenvalue weighted by Gasteiger charge is -2.21. The largest absolute Gasteiger partial charge is 0.472 e. The van der Waals surface area contributed by atoms with E-state index in [-0.39, 0.29) is 25.7 Å². The predicted octanol–water partition coefficient (Wildman–Crippen LogP) is 21.6. The molecule has 552 valence electrons. The summed E-state index contributed by atoms with van der Waals surface area (Å²) in [6.07, 6.45) is 53.0. The SMILES string of the molecule is CCCCCCCCCCCCCCCCCCCCCC(=O)O[C@H](COC(=O)CCCCCCCCCCCCCCCCC)COP(=O)(O)OC[C@@H](O)COP(=O)(O)OC[C@@H](COC(=O)CCCCCCCCC(C)C)OC(=O)CCCCCCCCC(C)CC. The summed E-state index contributed by atoms with van der Waals surface area (Å²) in [7, 11) is -9.91. The predicted molar refractivity (Wildman–Crippen MR) is 377 cm³/mol. The van der Waals surface area contributed by atoms with Gasteiger partial charge in [0.2, 0.25) is 0 Å². The molecule has 0 aliphatic carbocycles. The molecule has 0 aromatic heterocycles. The van der Waals surface area contributed by atoms with E-state index < -0.39 is 97.5 Å². The van der Waals surface area contributed by atoms with Crippen LogP contribution in [0.25, 0.3) is 0 Å². The Balaban J connectivity index is 5.21. The molecule has 0 heterocycles. The summed E-state index contributed by atoms with van der Waals surface area (Å²) in [5, 5.41) is 10.6. The van der Waals surface area contributed by atoms with Crippen LogP contribution in [-0.2, 0) is 65.4 Å². The first-order valence-electron chi connectivity index (χ1n) is 38.5. The van der Waals surface area contributed by atoms with Gasteiger partial charge in [-0.25, -0.2) is 9.13 Å². The lowest BCUT2D eigenvalue weighted by atomic mass is 10.00. The fourth-order valence-electron chi connectivity index (χ4n) is 11.3. The van der Waals surface area contributed by atoms with Gasteiger partial charge >= 0.3 is 39.5 Å². The molecule has 0 fully saturated rings. The number of hydrogen-bond acceptors (Lipinski definition) is 15. The number of unbranched alkanes of at least 4 members (excludes halogenated alkanes) is 42. The smallest absolute Gasteiger partial charge is 0.462 e. The van der Waals surface area contributed by atoms with Crippen LogP contribution in [0.3, 0.4) is 0 Å². The molecule has 0 saturated carbocycles. The van der Waals surface area contributed by atoms with Crippen molar-refractivity contribution in [2.24, 2.45) is 11.8 Å². The Morgan fingerprint density at radius 3 is 0.817 bits per heavy atom. The number of phosphoric ester groups is 2. The van der Waals surface area contributed by atoms with Gasteiger partial charge in [-0.1, -0.05) is 330 Å². The second-order valence-electron chi connectivity index (χ2n) is 27.4. The zero-order valence-corrected chi connectivity index (χ0v) is 62.3. The summed E-state index contributed by atoms with van der Waals surface area (Å²) < 4.78 is 68.4. The van der Waals surface area contributed by atoms with Crippen molar-refractivity contribution in [3.63, 3.8) is 0 Å². The fraction of sp³-hybridized carbons (Fsp3) is 0.946. The third-order valence-electron chi connectivity index (χ3n) is 17.6. The number of carbonyl (C=O) groups is 4. The molecule has 0 saturated heterocycles. The van der Waals surface area contributed by atoms with E-state index in [1.54, 1.807) is 0 Å². The number of aliphatic hydroxyl groups excluding tert-OH is 1. The molecule has 19 heteroatoms. The van der Waals surface area contributed by atoms with Gasteiger partial charge in [-0.2, -0.15) is 0 Å². The van der Waals surface area contributed by atoms with Gasteiger partial charge in [0, 0.05) is 25.7 Å². The first-order chi connectivity index (χ1) is 44.9. The second-order valence-corrected chi connectivity index (χ2v) is 30.3. The molecule has 0 bridgehead atoms. The molecule has 93 heavy (non-hydrogen) atoms. The minimum absolute atomic E-state index is 0.102. The number of hydrogen-bond donors (Lipinski definition) is 3. The molecule has 6 atom stereocenters. The first-order valence-corrected chi connectivity index (χ1v) is 41.5. The van der Waals surface area contributed by atoms with Crippen LogP contribution in [0.1, 0.15) is 382 Å². The Hall–Kier alpha value is -1.94. The highest BCUT2D eigenvalue weighted by atomic mass is 31.2. The molecule has 0 aliphatic rings. The van der Waals surface area contributed by atoms with E-state index in [0.29, 0.717) is 31.6 Å². The number of rotatable bonds is 73. The molecule has 3 N–H and O–H groups in total. The van der Waals surface area contributed by atoms with E-state index in [1.165, 1.54) is 193 Å². The van der Waals surface area contributed by atoms with Crippen LogP contribution in [-0.4, -0.2) is 96.7 Å². The molecule has 3 unspecified atom stereocenters. The topological polar surface area (TPSA) is 237 Å². The van der Waals surface area contributed by atoms with Crippen LogP contribution in [0.2, 0.25) is 0 Å². The van der Waals surface area contributed by atoms with Crippen LogP contribution in [0.4, 0.5) is 0 Å². The summed E-state index contributed by atoms with van der Waals surface area (Å²) in [6.45, 7) is 9.45. The zero-order valence-electron chi connectivity index (χ0n) is 60.6. The summed E-state index contributed by atoms with van der Waals surface area (Å²) in [5.41, 5.74) is 0. The number of ether oxygens (including phenoxy) is 4. The van der Waals surface area contributed by atoms with Crippen LogP contribution in [0.5, 0.6) is 0 Å². The van der Waals surface area contributed by atoms with Crippen molar-refractivity contribution in [1.82, 2.24) is 0 Å². The van der Waals surface area contributed by atoms with E-state index in [1.807, 2.05) is 0 Å². The van der Waals surface area contributed by atoms with E-state index in [2.05, 4.69) is 41.5 Å². The van der Waals surface area contributed by atoms with Crippen molar-refractivity contribution in [3.05, 3.63) is 0 Å². The highest BCUT2D eigenvalue weighted by molar-refractivity contribution is 7.47. The van der Waals surface area contributed by atoms with Crippen molar-refractivity contribution in [1.29, 1.82) is 0 Å². The van der Waals surface area contributed by atoms with Gasteiger partial charge in [0.05, 0.1) is 26.4 Å². The second kappa shape index (κ2) is 66.0. The maximum Gasteiger partial charge on any atom is 0.472 e. The van der Waals surface area contributed by atoms with Crippen molar-refractivity contribution in [2.75, 3.05) is 39.6 Å². The zero-order chi connectivity index (χ0) is 68.6. The van der Waals surface area contributed by atoms with Gasteiger partial charge in [-0.05, 0) is 37.5 Å². The molecular formula is C74H144O17P2. The van der Waals surface area contributed by atoms with Gasteiger partial charge in [0.1, 0.15) is 19.3 Å². The highest BCUT2D eigenvalue weighted by Crippen LogP contribution is 2.45. The van der Waals surface area contributed by atoms with Gasteiger partial charge in [0.15, 0.2) is 12.2 Å². The minimum Gasteiger partial charge on any atom is -0.462 e. The summed E-state index contributed by atoms with van der Waals surface area (Å²) >= 11 is 0. The minimum atomic E-state index is -4.96. The molecule has 0 amide bonds.